The number of thioether (sulfide) groups is 1. The van der Waals surface area contributed by atoms with Gasteiger partial charge in [-0.05, 0) is 29.8 Å². The monoisotopic (exact) mass is 376 g/mol. The highest BCUT2D eigenvalue weighted by atomic mass is 32.2. The van der Waals surface area contributed by atoms with Gasteiger partial charge < -0.3 is 0 Å². The summed E-state index contributed by atoms with van der Waals surface area (Å²) in [7, 11) is 0. The van der Waals surface area contributed by atoms with Crippen LogP contribution in [0.25, 0.3) is 20.8 Å². The molecule has 0 amide bonds. The molecular formula is C21H16N2OS2. The molecule has 4 aromatic rings. The molecule has 4 rings (SSSR count). The van der Waals surface area contributed by atoms with Crippen molar-refractivity contribution in [1.82, 2.24) is 9.97 Å². The Balaban J connectivity index is 1.55. The molecule has 0 N–H and O–H groups in total. The van der Waals surface area contributed by atoms with E-state index in [-0.39, 0.29) is 5.56 Å². The molecule has 0 bridgehead atoms. The molecule has 0 saturated carbocycles. The molecule has 2 heterocycles. The van der Waals surface area contributed by atoms with Gasteiger partial charge in [-0.1, -0.05) is 48.5 Å². The average Bonchev–Trinajstić information content (AvgIpc) is 2.69. The van der Waals surface area contributed by atoms with E-state index in [0.29, 0.717) is 10.4 Å². The van der Waals surface area contributed by atoms with Crippen LogP contribution in [-0.4, -0.2) is 9.97 Å². The van der Waals surface area contributed by atoms with E-state index < -0.39 is 0 Å². The summed E-state index contributed by atoms with van der Waals surface area (Å²) in [5, 5.41) is 1.33. The lowest BCUT2D eigenvalue weighted by Crippen LogP contribution is -2.06. The van der Waals surface area contributed by atoms with E-state index in [1.165, 1.54) is 16.9 Å². The van der Waals surface area contributed by atoms with Crippen molar-refractivity contribution in [2.24, 2.45) is 0 Å². The molecule has 0 aliphatic rings. The summed E-state index contributed by atoms with van der Waals surface area (Å²) in [5.41, 5.74) is 2.87. The quantitative estimate of drug-likeness (QED) is 0.483. The maximum Gasteiger partial charge on any atom is 0.279 e. The van der Waals surface area contributed by atoms with E-state index in [2.05, 4.69) is 29.2 Å². The third-order valence-corrected chi connectivity index (χ3v) is 6.02. The molecule has 0 fully saturated rings. The molecule has 3 nitrogen and oxygen atoms in total. The Bertz CT molecular complexity index is 1090. The zero-order valence-electron chi connectivity index (χ0n) is 14.0. The third kappa shape index (κ3) is 3.84. The first-order chi connectivity index (χ1) is 12.8. The van der Waals surface area contributed by atoms with Gasteiger partial charge in [-0.15, -0.1) is 11.3 Å². The van der Waals surface area contributed by atoms with Crippen molar-refractivity contribution in [2.75, 3.05) is 0 Å². The van der Waals surface area contributed by atoms with Crippen LogP contribution in [0.3, 0.4) is 0 Å². The predicted octanol–water partition coefficient (Wildman–Crippen LogP) is 5.15. The summed E-state index contributed by atoms with van der Waals surface area (Å²) >= 11 is 3.33. The SMILES string of the molecule is O=c1nc(-c2cccc(CSCc3ccccc3)n2)sc2ccccc12. The lowest BCUT2D eigenvalue weighted by molar-refractivity contribution is 1.16. The van der Waals surface area contributed by atoms with Crippen LogP contribution in [0.4, 0.5) is 0 Å². The maximum absolute atomic E-state index is 12.3. The minimum Gasteiger partial charge on any atom is -0.267 e. The molecule has 0 spiro atoms. The second-order valence-corrected chi connectivity index (χ2v) is 7.83. The van der Waals surface area contributed by atoms with Crippen molar-refractivity contribution in [1.29, 1.82) is 0 Å². The summed E-state index contributed by atoms with van der Waals surface area (Å²) in [6.07, 6.45) is 0. The molecule has 0 aliphatic heterocycles. The van der Waals surface area contributed by atoms with Crippen LogP contribution >= 0.6 is 23.1 Å². The van der Waals surface area contributed by atoms with Gasteiger partial charge in [0.25, 0.3) is 5.56 Å². The third-order valence-electron chi connectivity index (χ3n) is 3.91. The van der Waals surface area contributed by atoms with Crippen molar-refractivity contribution in [3.63, 3.8) is 0 Å². The summed E-state index contributed by atoms with van der Waals surface area (Å²) in [6.45, 7) is 0. The molecule has 2 aromatic carbocycles. The number of pyridine rings is 1. The number of aromatic nitrogens is 2. The predicted molar refractivity (Wildman–Crippen MR) is 111 cm³/mol. The molecule has 2 aromatic heterocycles. The van der Waals surface area contributed by atoms with Gasteiger partial charge in [-0.25, -0.2) is 4.98 Å². The molecule has 0 radical (unpaired) electrons. The van der Waals surface area contributed by atoms with E-state index in [1.807, 2.05) is 60.3 Å². The molecule has 0 unspecified atom stereocenters. The van der Waals surface area contributed by atoms with Gasteiger partial charge in [0.05, 0.1) is 16.8 Å². The molecule has 0 atom stereocenters. The van der Waals surface area contributed by atoms with Crippen molar-refractivity contribution >= 4 is 33.2 Å². The molecule has 0 aliphatic carbocycles. The number of rotatable bonds is 5. The van der Waals surface area contributed by atoms with Crippen LogP contribution in [0, 0.1) is 0 Å². The van der Waals surface area contributed by atoms with Crippen molar-refractivity contribution in [3.05, 3.63) is 94.4 Å². The van der Waals surface area contributed by atoms with Crippen LogP contribution in [0.1, 0.15) is 11.3 Å². The fourth-order valence-electron chi connectivity index (χ4n) is 2.65. The van der Waals surface area contributed by atoms with Crippen molar-refractivity contribution in [2.45, 2.75) is 11.5 Å². The number of hydrogen-bond donors (Lipinski definition) is 0. The second kappa shape index (κ2) is 7.81. The first-order valence-corrected chi connectivity index (χ1v) is 10.2. The fraction of sp³-hybridized carbons (Fsp3) is 0.0952. The highest BCUT2D eigenvalue weighted by Crippen LogP contribution is 2.25. The maximum atomic E-state index is 12.3. The summed E-state index contributed by atoms with van der Waals surface area (Å²) < 4.78 is 0.938. The van der Waals surface area contributed by atoms with Gasteiger partial charge in [0, 0.05) is 16.2 Å². The molecule has 128 valence electrons. The van der Waals surface area contributed by atoms with E-state index in [1.54, 1.807) is 0 Å². The second-order valence-electron chi connectivity index (χ2n) is 5.81. The summed E-state index contributed by atoms with van der Waals surface area (Å²) in [4.78, 5) is 21.2. The Morgan fingerprint density at radius 1 is 0.808 bits per heavy atom. The van der Waals surface area contributed by atoms with Crippen LogP contribution in [0.15, 0.2) is 77.6 Å². The zero-order chi connectivity index (χ0) is 17.8. The van der Waals surface area contributed by atoms with Crippen LogP contribution < -0.4 is 5.56 Å². The Labute approximate surface area is 159 Å². The topological polar surface area (TPSA) is 42.9 Å². The Morgan fingerprint density at radius 2 is 1.62 bits per heavy atom. The van der Waals surface area contributed by atoms with Gasteiger partial charge in [0.15, 0.2) is 0 Å². The molecule has 26 heavy (non-hydrogen) atoms. The standard InChI is InChI=1S/C21H16N2OS2/c24-20-17-10-4-5-12-19(17)26-21(23-20)18-11-6-9-16(22-18)14-25-13-15-7-2-1-3-8-15/h1-12H,13-14H2. The first-order valence-electron chi connectivity index (χ1n) is 8.27. The van der Waals surface area contributed by atoms with E-state index in [4.69, 9.17) is 4.98 Å². The van der Waals surface area contributed by atoms with Gasteiger partial charge in [0.1, 0.15) is 5.01 Å². The van der Waals surface area contributed by atoms with Gasteiger partial charge >= 0.3 is 0 Å². The molecule has 0 saturated heterocycles. The summed E-state index contributed by atoms with van der Waals surface area (Å²) in [6, 6.07) is 23.9. The Kier molecular flexibility index (Phi) is 5.09. The van der Waals surface area contributed by atoms with Crippen LogP contribution in [-0.2, 0) is 11.5 Å². The van der Waals surface area contributed by atoms with Gasteiger partial charge in [-0.3, -0.25) is 4.79 Å². The molecule has 5 heteroatoms. The number of benzene rings is 2. The highest BCUT2D eigenvalue weighted by Gasteiger charge is 2.08. The van der Waals surface area contributed by atoms with Crippen LogP contribution in [0.2, 0.25) is 0 Å². The van der Waals surface area contributed by atoms with E-state index in [0.717, 1.165) is 27.6 Å². The lowest BCUT2D eigenvalue weighted by Gasteiger charge is -2.05. The zero-order valence-corrected chi connectivity index (χ0v) is 15.6. The summed E-state index contributed by atoms with van der Waals surface area (Å²) in [5.74, 6) is 1.78. The van der Waals surface area contributed by atoms with E-state index in [9.17, 15) is 4.79 Å². The van der Waals surface area contributed by atoms with Crippen molar-refractivity contribution < 1.29 is 0 Å². The highest BCUT2D eigenvalue weighted by molar-refractivity contribution is 7.97. The van der Waals surface area contributed by atoms with Crippen molar-refractivity contribution in [3.8, 4) is 10.7 Å². The minimum absolute atomic E-state index is 0.194. The lowest BCUT2D eigenvalue weighted by atomic mass is 10.2. The first kappa shape index (κ1) is 16.9. The number of fused-ring (bicyclic) bond motifs is 1. The minimum atomic E-state index is -0.194. The number of nitrogens with zero attached hydrogens (tertiary/aromatic N) is 2. The van der Waals surface area contributed by atoms with E-state index >= 15 is 0 Å². The Morgan fingerprint density at radius 3 is 2.50 bits per heavy atom. The smallest absolute Gasteiger partial charge is 0.267 e. The fourth-order valence-corrected chi connectivity index (χ4v) is 4.52. The number of hydrogen-bond acceptors (Lipinski definition) is 5. The van der Waals surface area contributed by atoms with Gasteiger partial charge in [0.2, 0.25) is 0 Å². The normalized spacial score (nSPS) is 10.9. The van der Waals surface area contributed by atoms with Crippen LogP contribution in [0.5, 0.6) is 0 Å². The Hall–Kier alpha value is -2.50. The van der Waals surface area contributed by atoms with Gasteiger partial charge in [-0.2, -0.15) is 16.7 Å². The molecular weight excluding hydrogens is 360 g/mol. The average molecular weight is 377 g/mol. The largest absolute Gasteiger partial charge is 0.279 e.